The third kappa shape index (κ3) is 4.76. The molecule has 3 aromatic carbocycles. The molecular weight excluding hydrogens is 479 g/mol. The summed E-state index contributed by atoms with van der Waals surface area (Å²) in [4.78, 5) is 39.0. The van der Waals surface area contributed by atoms with Gasteiger partial charge in [-0.3, -0.25) is 14.9 Å². The number of urea groups is 1. The first kappa shape index (κ1) is 23.4. The van der Waals surface area contributed by atoms with Crippen LogP contribution in [0.3, 0.4) is 0 Å². The normalized spacial score (nSPS) is 14.9. The van der Waals surface area contributed by atoms with Crippen LogP contribution in [-0.2, 0) is 16.2 Å². The number of hydrogen-bond donors (Lipinski definition) is 1. The molecule has 1 N–H and O–H groups in total. The van der Waals surface area contributed by atoms with Crippen LogP contribution in [0.5, 0.6) is 11.5 Å². The summed E-state index contributed by atoms with van der Waals surface area (Å²) in [5.74, 6) is -0.766. The van der Waals surface area contributed by atoms with E-state index in [2.05, 4.69) is 5.32 Å². The highest BCUT2D eigenvalue weighted by Gasteiger charge is 2.37. The lowest BCUT2D eigenvalue weighted by molar-refractivity contribution is -0.122. The minimum absolute atomic E-state index is 0.146. The van der Waals surface area contributed by atoms with Gasteiger partial charge in [0.05, 0.1) is 17.8 Å². The van der Waals surface area contributed by atoms with Gasteiger partial charge in [-0.15, -0.1) is 0 Å². The molecule has 1 heterocycles. The summed E-state index contributed by atoms with van der Waals surface area (Å²) in [5.41, 5.74) is 1.09. The monoisotopic (exact) mass is 496 g/mol. The Kier molecular flexibility index (Phi) is 6.86. The lowest BCUT2D eigenvalue weighted by atomic mass is 10.1. The first-order valence-corrected chi connectivity index (χ1v) is 10.8. The van der Waals surface area contributed by atoms with Crippen molar-refractivity contribution in [1.82, 2.24) is 5.32 Å². The van der Waals surface area contributed by atoms with Gasteiger partial charge in [0.25, 0.3) is 11.8 Å². The Bertz CT molecular complexity index is 1320. The van der Waals surface area contributed by atoms with Crippen LogP contribution in [-0.4, -0.2) is 25.0 Å². The van der Waals surface area contributed by atoms with E-state index in [1.165, 1.54) is 19.3 Å². The van der Waals surface area contributed by atoms with Crippen LogP contribution in [0.2, 0.25) is 10.0 Å². The standard InChI is InChI=1S/C25H18Cl2N2O5/c1-33-17-11-10-15(22(13-17)34-14-16-6-2-3-7-19(16)26)12-18-23(30)28-25(32)29(24(18)31)21-9-5-4-8-20(21)27/h2-13H,14H2,1H3,(H,28,30,32)/b18-12+. The number of benzene rings is 3. The number of nitrogens with zero attached hydrogens (tertiary/aromatic N) is 1. The number of imide groups is 2. The minimum atomic E-state index is -0.884. The predicted octanol–water partition coefficient (Wildman–Crippen LogP) is 5.25. The number of methoxy groups -OCH3 is 1. The van der Waals surface area contributed by atoms with E-state index >= 15 is 0 Å². The van der Waals surface area contributed by atoms with Crippen LogP contribution in [0.25, 0.3) is 6.08 Å². The molecule has 0 aliphatic carbocycles. The molecule has 0 spiro atoms. The summed E-state index contributed by atoms with van der Waals surface area (Å²) < 4.78 is 11.2. The molecule has 0 unspecified atom stereocenters. The Morgan fingerprint density at radius 2 is 1.65 bits per heavy atom. The maximum Gasteiger partial charge on any atom is 0.335 e. The molecule has 7 nitrogen and oxygen atoms in total. The van der Waals surface area contributed by atoms with Gasteiger partial charge in [-0.2, -0.15) is 0 Å². The number of anilines is 1. The Balaban J connectivity index is 1.71. The van der Waals surface area contributed by atoms with Gasteiger partial charge in [-0.25, -0.2) is 9.69 Å². The summed E-state index contributed by atoms with van der Waals surface area (Å²) >= 11 is 12.4. The van der Waals surface area contributed by atoms with E-state index in [1.54, 1.807) is 42.5 Å². The van der Waals surface area contributed by atoms with Crippen molar-refractivity contribution < 1.29 is 23.9 Å². The molecule has 1 aliphatic heterocycles. The predicted molar refractivity (Wildman–Crippen MR) is 129 cm³/mol. The lowest BCUT2D eigenvalue weighted by Crippen LogP contribution is -2.54. The third-order valence-electron chi connectivity index (χ3n) is 5.06. The van der Waals surface area contributed by atoms with E-state index in [-0.39, 0.29) is 22.9 Å². The van der Waals surface area contributed by atoms with Crippen molar-refractivity contribution in [2.75, 3.05) is 12.0 Å². The van der Waals surface area contributed by atoms with Crippen LogP contribution in [0.1, 0.15) is 11.1 Å². The fourth-order valence-corrected chi connectivity index (χ4v) is 3.73. The maximum absolute atomic E-state index is 13.2. The van der Waals surface area contributed by atoms with E-state index in [1.807, 2.05) is 18.2 Å². The number of hydrogen-bond acceptors (Lipinski definition) is 5. The second kappa shape index (κ2) is 9.99. The van der Waals surface area contributed by atoms with Gasteiger partial charge in [0.2, 0.25) is 0 Å². The molecule has 0 radical (unpaired) electrons. The summed E-state index contributed by atoms with van der Waals surface area (Å²) in [5, 5.41) is 2.91. The van der Waals surface area contributed by atoms with Crippen LogP contribution < -0.4 is 19.7 Å². The molecule has 4 amide bonds. The molecule has 0 atom stereocenters. The highest BCUT2D eigenvalue weighted by Crippen LogP contribution is 2.32. The van der Waals surface area contributed by atoms with Gasteiger partial charge < -0.3 is 9.47 Å². The van der Waals surface area contributed by atoms with Crippen molar-refractivity contribution in [2.24, 2.45) is 0 Å². The SMILES string of the molecule is COc1ccc(/C=C2\C(=O)NC(=O)N(c3ccccc3Cl)C2=O)c(OCc2ccccc2Cl)c1. The molecule has 172 valence electrons. The van der Waals surface area contributed by atoms with Crippen LogP contribution in [0.4, 0.5) is 10.5 Å². The van der Waals surface area contributed by atoms with E-state index < -0.39 is 17.8 Å². The summed E-state index contributed by atoms with van der Waals surface area (Å²) in [6.07, 6.45) is 1.36. The topological polar surface area (TPSA) is 84.9 Å². The zero-order valence-corrected chi connectivity index (χ0v) is 19.4. The molecule has 1 fully saturated rings. The van der Waals surface area contributed by atoms with Gasteiger partial charge in [-0.05, 0) is 36.4 Å². The number of amides is 4. The first-order chi connectivity index (χ1) is 16.4. The van der Waals surface area contributed by atoms with Crippen molar-refractivity contribution in [3.63, 3.8) is 0 Å². The van der Waals surface area contributed by atoms with Gasteiger partial charge in [0.15, 0.2) is 0 Å². The van der Waals surface area contributed by atoms with Crippen molar-refractivity contribution in [2.45, 2.75) is 6.61 Å². The van der Waals surface area contributed by atoms with Crippen molar-refractivity contribution in [3.05, 3.63) is 93.5 Å². The third-order valence-corrected chi connectivity index (χ3v) is 5.74. The van der Waals surface area contributed by atoms with Gasteiger partial charge >= 0.3 is 6.03 Å². The zero-order chi connectivity index (χ0) is 24.2. The average molecular weight is 497 g/mol. The van der Waals surface area contributed by atoms with Gasteiger partial charge in [0.1, 0.15) is 23.7 Å². The Morgan fingerprint density at radius 1 is 0.941 bits per heavy atom. The van der Waals surface area contributed by atoms with Crippen molar-refractivity contribution >= 4 is 52.8 Å². The molecule has 1 aliphatic rings. The zero-order valence-electron chi connectivity index (χ0n) is 17.9. The summed E-state index contributed by atoms with van der Waals surface area (Å²) in [6, 6.07) is 17.6. The molecule has 9 heteroatoms. The fourth-order valence-electron chi connectivity index (χ4n) is 3.32. The molecule has 0 bridgehead atoms. The molecule has 4 rings (SSSR count). The van der Waals surface area contributed by atoms with Gasteiger partial charge in [0, 0.05) is 22.2 Å². The van der Waals surface area contributed by atoms with Crippen LogP contribution in [0.15, 0.2) is 72.3 Å². The Morgan fingerprint density at radius 3 is 2.35 bits per heavy atom. The quantitative estimate of drug-likeness (QED) is 0.372. The number of para-hydroxylation sites is 1. The number of nitrogens with one attached hydrogen (secondary N) is 1. The number of carbonyl (C=O) groups is 3. The molecule has 0 saturated carbocycles. The number of rotatable bonds is 6. The molecule has 1 saturated heterocycles. The highest BCUT2D eigenvalue weighted by atomic mass is 35.5. The van der Waals surface area contributed by atoms with Crippen molar-refractivity contribution in [3.8, 4) is 11.5 Å². The molecular formula is C25H18Cl2N2O5. The van der Waals surface area contributed by atoms with E-state index in [9.17, 15) is 14.4 Å². The second-order valence-corrected chi connectivity index (χ2v) is 8.01. The average Bonchev–Trinajstić information content (AvgIpc) is 2.82. The van der Waals surface area contributed by atoms with E-state index in [0.29, 0.717) is 22.1 Å². The Hall–Kier alpha value is -3.81. The minimum Gasteiger partial charge on any atom is -0.497 e. The van der Waals surface area contributed by atoms with Crippen LogP contribution in [0, 0.1) is 0 Å². The van der Waals surface area contributed by atoms with Crippen molar-refractivity contribution in [1.29, 1.82) is 0 Å². The van der Waals surface area contributed by atoms with E-state index in [4.69, 9.17) is 32.7 Å². The number of halogens is 2. The second-order valence-electron chi connectivity index (χ2n) is 7.19. The lowest BCUT2D eigenvalue weighted by Gasteiger charge is -2.27. The molecule has 0 aromatic heterocycles. The molecule has 3 aromatic rings. The van der Waals surface area contributed by atoms with Crippen LogP contribution >= 0.6 is 23.2 Å². The summed E-state index contributed by atoms with van der Waals surface area (Å²) in [6.45, 7) is 0.146. The smallest absolute Gasteiger partial charge is 0.335 e. The number of carbonyl (C=O) groups excluding carboxylic acids is 3. The fraction of sp³-hybridized carbons (Fsp3) is 0.0800. The largest absolute Gasteiger partial charge is 0.497 e. The Labute approximate surface area is 205 Å². The maximum atomic E-state index is 13.2. The molecule has 34 heavy (non-hydrogen) atoms. The number of barbiturate groups is 1. The van der Waals surface area contributed by atoms with E-state index in [0.717, 1.165) is 10.5 Å². The number of ether oxygens (including phenoxy) is 2. The summed E-state index contributed by atoms with van der Waals surface area (Å²) in [7, 11) is 1.51. The highest BCUT2D eigenvalue weighted by molar-refractivity contribution is 6.42. The van der Waals surface area contributed by atoms with Gasteiger partial charge in [-0.1, -0.05) is 53.5 Å². The first-order valence-electron chi connectivity index (χ1n) is 10.1.